The lowest BCUT2D eigenvalue weighted by molar-refractivity contribution is -0.384. The van der Waals surface area contributed by atoms with Crippen LogP contribution in [0.15, 0.2) is 35.9 Å². The summed E-state index contributed by atoms with van der Waals surface area (Å²) >= 11 is 0. The number of benzene rings is 1. The lowest BCUT2D eigenvalue weighted by atomic mass is 9.70. The van der Waals surface area contributed by atoms with Crippen LogP contribution in [0.25, 0.3) is 0 Å². The molecule has 0 amide bonds. The Bertz CT molecular complexity index is 857. The summed E-state index contributed by atoms with van der Waals surface area (Å²) in [7, 11) is 0. The number of carbonyl (C=O) groups excluding carboxylic acids is 1. The van der Waals surface area contributed by atoms with Crippen LogP contribution in [-0.2, 0) is 14.2 Å². The number of nitrogens with zero attached hydrogens (tertiary/aromatic N) is 1. The Morgan fingerprint density at radius 1 is 1.33 bits per heavy atom. The van der Waals surface area contributed by atoms with Gasteiger partial charge in [0.25, 0.3) is 5.69 Å². The molecule has 1 saturated carbocycles. The van der Waals surface area contributed by atoms with Crippen LogP contribution in [0.2, 0.25) is 0 Å². The van der Waals surface area contributed by atoms with Gasteiger partial charge in [0.05, 0.1) is 28.8 Å². The van der Waals surface area contributed by atoms with E-state index in [1.54, 1.807) is 0 Å². The summed E-state index contributed by atoms with van der Waals surface area (Å²) in [5.41, 5.74) is 0.772. The number of nitro benzene ring substituents is 1. The molecule has 2 saturated heterocycles. The summed E-state index contributed by atoms with van der Waals surface area (Å²) in [5.74, 6) is 0.366. The molecule has 3 fully saturated rings. The summed E-state index contributed by atoms with van der Waals surface area (Å²) in [6, 6.07) is 5.32. The standard InChI is InChI=1S/C22H27NO7/c1-14(2)4-9-19-21(3,30-19)18-12-17(10-11-22(18)13-27-22)29-20(24)28-16-7-5-15(6-8-16)23(25)26/h4-8,17-19H,9-13H2,1-3H3/t17-,18-,19-,21-,22+/m1/s1. The molecule has 0 aromatic heterocycles. The molecule has 1 aliphatic carbocycles. The highest BCUT2D eigenvalue weighted by Crippen LogP contribution is 2.59. The van der Waals surface area contributed by atoms with Crippen molar-refractivity contribution >= 4 is 11.8 Å². The van der Waals surface area contributed by atoms with Crippen LogP contribution in [0.1, 0.15) is 46.5 Å². The van der Waals surface area contributed by atoms with Crippen LogP contribution in [0.3, 0.4) is 0 Å². The van der Waals surface area contributed by atoms with Crippen molar-refractivity contribution in [3.05, 3.63) is 46.0 Å². The Morgan fingerprint density at radius 2 is 2.03 bits per heavy atom. The highest BCUT2D eigenvalue weighted by atomic mass is 16.7. The molecule has 1 spiro atoms. The predicted molar refractivity (Wildman–Crippen MR) is 107 cm³/mol. The molecule has 1 aromatic rings. The first-order chi connectivity index (χ1) is 14.2. The Balaban J connectivity index is 1.35. The zero-order valence-corrected chi connectivity index (χ0v) is 17.5. The van der Waals surface area contributed by atoms with Crippen LogP contribution in [0.5, 0.6) is 5.75 Å². The number of allylic oxidation sites excluding steroid dienone is 1. The molecule has 8 nitrogen and oxygen atoms in total. The van der Waals surface area contributed by atoms with Crippen molar-refractivity contribution in [3.8, 4) is 5.75 Å². The molecule has 1 aromatic carbocycles. The second-order valence-corrected chi connectivity index (χ2v) is 8.83. The lowest BCUT2D eigenvalue weighted by Gasteiger charge is -2.36. The second-order valence-electron chi connectivity index (χ2n) is 8.83. The van der Waals surface area contributed by atoms with Gasteiger partial charge < -0.3 is 18.9 Å². The quantitative estimate of drug-likeness (QED) is 0.167. The van der Waals surface area contributed by atoms with Gasteiger partial charge in [0.15, 0.2) is 0 Å². The van der Waals surface area contributed by atoms with Crippen molar-refractivity contribution in [2.45, 2.75) is 69.9 Å². The van der Waals surface area contributed by atoms with Crippen LogP contribution in [0.4, 0.5) is 10.5 Å². The smallest absolute Gasteiger partial charge is 0.431 e. The van der Waals surface area contributed by atoms with Crippen molar-refractivity contribution < 1.29 is 28.7 Å². The van der Waals surface area contributed by atoms with E-state index in [1.165, 1.54) is 29.8 Å². The zero-order valence-electron chi connectivity index (χ0n) is 17.5. The molecule has 4 rings (SSSR count). The Labute approximate surface area is 175 Å². The minimum Gasteiger partial charge on any atom is -0.431 e. The number of hydrogen-bond donors (Lipinski definition) is 0. The minimum atomic E-state index is -0.803. The van der Waals surface area contributed by atoms with E-state index in [1.807, 2.05) is 0 Å². The Kier molecular flexibility index (Phi) is 5.32. The van der Waals surface area contributed by atoms with Gasteiger partial charge in [-0.05, 0) is 58.6 Å². The van der Waals surface area contributed by atoms with Crippen molar-refractivity contribution in [2.24, 2.45) is 5.92 Å². The molecule has 30 heavy (non-hydrogen) atoms. The van der Waals surface area contributed by atoms with Gasteiger partial charge >= 0.3 is 6.16 Å². The first kappa shape index (κ1) is 20.8. The molecule has 0 N–H and O–H groups in total. The highest BCUT2D eigenvalue weighted by Gasteiger charge is 2.68. The summed E-state index contributed by atoms with van der Waals surface area (Å²) < 4.78 is 22.7. The maximum atomic E-state index is 12.2. The molecule has 0 bridgehead atoms. The monoisotopic (exact) mass is 417 g/mol. The number of carbonyl (C=O) groups is 1. The number of rotatable bonds is 6. The van der Waals surface area contributed by atoms with Crippen LogP contribution < -0.4 is 4.74 Å². The normalized spacial score (nSPS) is 34.2. The van der Waals surface area contributed by atoms with Gasteiger partial charge in [-0.1, -0.05) is 11.6 Å². The van der Waals surface area contributed by atoms with E-state index in [-0.39, 0.29) is 40.8 Å². The summed E-state index contributed by atoms with van der Waals surface area (Å²) in [6.45, 7) is 7.01. The fraction of sp³-hybridized carbons (Fsp3) is 0.591. The maximum absolute atomic E-state index is 12.2. The zero-order chi connectivity index (χ0) is 21.5. The topological polar surface area (TPSA) is 104 Å². The summed E-state index contributed by atoms with van der Waals surface area (Å²) in [6.07, 6.45) is 4.33. The van der Waals surface area contributed by atoms with E-state index >= 15 is 0 Å². The fourth-order valence-corrected chi connectivity index (χ4v) is 4.57. The van der Waals surface area contributed by atoms with Gasteiger partial charge in [0, 0.05) is 18.1 Å². The SMILES string of the molecule is CC(C)=CC[C@H]1O[C@]1(C)[C@H]1C[C@H](OC(=O)Oc2ccc([N+](=O)[O-])cc2)CC[C@]12CO2. The first-order valence-electron chi connectivity index (χ1n) is 10.3. The predicted octanol–water partition coefficient (Wildman–Crippen LogP) is 4.56. The molecule has 0 unspecified atom stereocenters. The molecule has 2 heterocycles. The molecular formula is C22H27NO7. The Morgan fingerprint density at radius 3 is 2.63 bits per heavy atom. The molecule has 162 valence electrons. The first-order valence-corrected chi connectivity index (χ1v) is 10.3. The highest BCUT2D eigenvalue weighted by molar-refractivity contribution is 5.64. The number of ether oxygens (including phenoxy) is 4. The molecule has 0 radical (unpaired) electrons. The third-order valence-electron chi connectivity index (χ3n) is 6.46. The van der Waals surface area contributed by atoms with Gasteiger partial charge in [-0.3, -0.25) is 10.1 Å². The minimum absolute atomic E-state index is 0.0686. The van der Waals surface area contributed by atoms with Gasteiger partial charge in [0.1, 0.15) is 11.9 Å². The lowest BCUT2D eigenvalue weighted by Crippen LogP contribution is -2.44. The van der Waals surface area contributed by atoms with E-state index in [4.69, 9.17) is 18.9 Å². The molecule has 2 aliphatic heterocycles. The summed E-state index contributed by atoms with van der Waals surface area (Å²) in [5, 5.41) is 10.7. The van der Waals surface area contributed by atoms with E-state index < -0.39 is 11.1 Å². The third-order valence-corrected chi connectivity index (χ3v) is 6.46. The van der Waals surface area contributed by atoms with E-state index in [0.717, 1.165) is 19.4 Å². The number of nitro groups is 1. The number of non-ortho nitro benzene ring substituents is 1. The molecule has 5 atom stereocenters. The largest absolute Gasteiger partial charge is 0.514 e. The average Bonchev–Trinajstić information content (AvgIpc) is 3.60. The third kappa shape index (κ3) is 4.20. The second kappa shape index (κ2) is 7.67. The van der Waals surface area contributed by atoms with Crippen molar-refractivity contribution in [2.75, 3.05) is 6.61 Å². The van der Waals surface area contributed by atoms with Crippen molar-refractivity contribution in [1.29, 1.82) is 0 Å². The number of hydrogen-bond acceptors (Lipinski definition) is 7. The maximum Gasteiger partial charge on any atom is 0.514 e. The molecule has 3 aliphatic rings. The fourth-order valence-electron chi connectivity index (χ4n) is 4.57. The molecular weight excluding hydrogens is 390 g/mol. The van der Waals surface area contributed by atoms with Crippen molar-refractivity contribution in [1.82, 2.24) is 0 Å². The number of epoxide rings is 2. The van der Waals surface area contributed by atoms with Gasteiger partial charge in [-0.2, -0.15) is 0 Å². The average molecular weight is 417 g/mol. The summed E-state index contributed by atoms with van der Waals surface area (Å²) in [4.78, 5) is 22.5. The van der Waals surface area contributed by atoms with Crippen LogP contribution in [-0.4, -0.2) is 41.1 Å². The molecule has 8 heteroatoms. The van der Waals surface area contributed by atoms with E-state index in [2.05, 4.69) is 26.8 Å². The van der Waals surface area contributed by atoms with Crippen LogP contribution >= 0.6 is 0 Å². The van der Waals surface area contributed by atoms with Gasteiger partial charge in [-0.15, -0.1) is 0 Å². The van der Waals surface area contributed by atoms with E-state index in [0.29, 0.717) is 12.8 Å². The van der Waals surface area contributed by atoms with Gasteiger partial charge in [0.2, 0.25) is 0 Å². The van der Waals surface area contributed by atoms with Gasteiger partial charge in [-0.25, -0.2) is 4.79 Å². The van der Waals surface area contributed by atoms with Crippen LogP contribution in [0, 0.1) is 16.0 Å². The van der Waals surface area contributed by atoms with E-state index in [9.17, 15) is 14.9 Å². The van der Waals surface area contributed by atoms with Crippen molar-refractivity contribution in [3.63, 3.8) is 0 Å². The Hall–Kier alpha value is -2.45.